The minimum atomic E-state index is -4.70. The summed E-state index contributed by atoms with van der Waals surface area (Å²) in [5.74, 6) is -0.298. The number of fused-ring (bicyclic) bond motifs is 1. The number of nitro groups is 1. The molecule has 0 aliphatic carbocycles. The van der Waals surface area contributed by atoms with Gasteiger partial charge in [-0.25, -0.2) is 4.98 Å². The Morgan fingerprint density at radius 2 is 2.00 bits per heavy atom. The molecular formula is C11H7F3N2O3. The number of non-ortho nitro benzene ring substituents is 1. The number of alkyl halides is 3. The van der Waals surface area contributed by atoms with Crippen LogP contribution < -0.4 is 4.74 Å². The zero-order chi connectivity index (χ0) is 14.2. The fourth-order valence-electron chi connectivity index (χ4n) is 1.69. The largest absolute Gasteiger partial charge is 0.481 e. The molecule has 1 aromatic heterocycles. The summed E-state index contributed by atoms with van der Waals surface area (Å²) in [6.45, 7) is 0. The van der Waals surface area contributed by atoms with Gasteiger partial charge in [-0.1, -0.05) is 6.07 Å². The van der Waals surface area contributed by atoms with Crippen LogP contribution in [-0.4, -0.2) is 17.0 Å². The third-order valence-corrected chi connectivity index (χ3v) is 2.50. The summed E-state index contributed by atoms with van der Waals surface area (Å²) in [6, 6.07) is 4.55. The van der Waals surface area contributed by atoms with Crippen LogP contribution in [0.25, 0.3) is 10.8 Å². The molecule has 0 radical (unpaired) electrons. The van der Waals surface area contributed by atoms with E-state index in [0.29, 0.717) is 6.07 Å². The summed E-state index contributed by atoms with van der Waals surface area (Å²) in [4.78, 5) is 13.4. The second-order valence-corrected chi connectivity index (χ2v) is 3.64. The van der Waals surface area contributed by atoms with Gasteiger partial charge in [0.1, 0.15) is 5.69 Å². The lowest BCUT2D eigenvalue weighted by atomic mass is 10.1. The van der Waals surface area contributed by atoms with Gasteiger partial charge in [0.05, 0.1) is 22.8 Å². The molecular weight excluding hydrogens is 265 g/mol. The SMILES string of the molecule is COc1nc(C(F)(F)F)cc2c([N+](=O)[O-])cccc12. The van der Waals surface area contributed by atoms with Crippen LogP contribution >= 0.6 is 0 Å². The van der Waals surface area contributed by atoms with Gasteiger partial charge in [-0.15, -0.1) is 0 Å². The van der Waals surface area contributed by atoms with Crippen LogP contribution in [0.15, 0.2) is 24.3 Å². The third kappa shape index (κ3) is 2.28. The van der Waals surface area contributed by atoms with Crippen molar-refractivity contribution >= 4 is 16.5 Å². The molecule has 2 aromatic rings. The maximum Gasteiger partial charge on any atom is 0.433 e. The minimum absolute atomic E-state index is 0.157. The van der Waals surface area contributed by atoms with Crippen LogP contribution in [0.3, 0.4) is 0 Å². The van der Waals surface area contributed by atoms with E-state index in [2.05, 4.69) is 4.98 Å². The fraction of sp³-hybridized carbons (Fsp3) is 0.182. The van der Waals surface area contributed by atoms with E-state index in [1.54, 1.807) is 0 Å². The Kier molecular flexibility index (Phi) is 3.01. The van der Waals surface area contributed by atoms with Crippen molar-refractivity contribution in [2.45, 2.75) is 6.18 Å². The van der Waals surface area contributed by atoms with E-state index >= 15 is 0 Å². The highest BCUT2D eigenvalue weighted by Gasteiger charge is 2.34. The molecule has 0 spiro atoms. The highest BCUT2D eigenvalue weighted by Crippen LogP contribution is 2.36. The first-order valence-electron chi connectivity index (χ1n) is 5.04. The van der Waals surface area contributed by atoms with Crippen molar-refractivity contribution in [2.75, 3.05) is 7.11 Å². The topological polar surface area (TPSA) is 65.3 Å². The number of hydrogen-bond acceptors (Lipinski definition) is 4. The number of ether oxygens (including phenoxy) is 1. The second kappa shape index (κ2) is 4.38. The van der Waals surface area contributed by atoms with E-state index in [4.69, 9.17) is 4.74 Å². The van der Waals surface area contributed by atoms with E-state index in [9.17, 15) is 23.3 Å². The first kappa shape index (κ1) is 13.1. The summed E-state index contributed by atoms with van der Waals surface area (Å²) in [6.07, 6.45) is -4.70. The molecule has 0 saturated carbocycles. The normalized spacial score (nSPS) is 11.6. The number of aromatic nitrogens is 1. The Hall–Kier alpha value is -2.38. The van der Waals surface area contributed by atoms with Crippen molar-refractivity contribution in [3.05, 3.63) is 40.1 Å². The van der Waals surface area contributed by atoms with Crippen LogP contribution in [0.4, 0.5) is 18.9 Å². The molecule has 0 fully saturated rings. The van der Waals surface area contributed by atoms with E-state index in [0.717, 1.165) is 13.2 Å². The Bertz CT molecular complexity index is 655. The predicted octanol–water partition coefficient (Wildman–Crippen LogP) is 3.17. The first-order chi connectivity index (χ1) is 8.84. The van der Waals surface area contributed by atoms with Crippen molar-refractivity contribution < 1.29 is 22.8 Å². The maximum absolute atomic E-state index is 12.7. The first-order valence-corrected chi connectivity index (χ1v) is 5.04. The molecule has 8 heteroatoms. The van der Waals surface area contributed by atoms with Crippen LogP contribution in [0.2, 0.25) is 0 Å². The van der Waals surface area contributed by atoms with Crippen molar-refractivity contribution in [3.63, 3.8) is 0 Å². The molecule has 100 valence electrons. The molecule has 19 heavy (non-hydrogen) atoms. The molecule has 2 rings (SSSR count). The van der Waals surface area contributed by atoms with Crippen LogP contribution in [0, 0.1) is 10.1 Å². The number of halogens is 3. The number of pyridine rings is 1. The van der Waals surface area contributed by atoms with Gasteiger partial charge in [0, 0.05) is 6.07 Å². The molecule has 1 aromatic carbocycles. The van der Waals surface area contributed by atoms with Crippen molar-refractivity contribution in [1.82, 2.24) is 4.98 Å². The van der Waals surface area contributed by atoms with Gasteiger partial charge in [-0.3, -0.25) is 10.1 Å². The Morgan fingerprint density at radius 1 is 1.32 bits per heavy atom. The average Bonchev–Trinajstić information content (AvgIpc) is 2.35. The van der Waals surface area contributed by atoms with Gasteiger partial charge in [0.2, 0.25) is 5.88 Å². The van der Waals surface area contributed by atoms with Crippen LogP contribution in [-0.2, 0) is 6.18 Å². The number of rotatable bonds is 2. The molecule has 0 N–H and O–H groups in total. The molecule has 0 aliphatic rings. The predicted molar refractivity (Wildman–Crippen MR) is 60.0 cm³/mol. The molecule has 0 amide bonds. The van der Waals surface area contributed by atoms with Gasteiger partial charge >= 0.3 is 6.18 Å². The molecule has 1 heterocycles. The number of nitrogens with zero attached hydrogens (tertiary/aromatic N) is 2. The fourth-order valence-corrected chi connectivity index (χ4v) is 1.69. The van der Waals surface area contributed by atoms with E-state index < -0.39 is 22.5 Å². The Morgan fingerprint density at radius 3 is 2.53 bits per heavy atom. The zero-order valence-corrected chi connectivity index (χ0v) is 9.56. The van der Waals surface area contributed by atoms with Crippen LogP contribution in [0.1, 0.15) is 5.69 Å². The van der Waals surface area contributed by atoms with Gasteiger partial charge in [0.25, 0.3) is 5.69 Å². The summed E-state index contributed by atoms with van der Waals surface area (Å²) < 4.78 is 42.8. The van der Waals surface area contributed by atoms with Gasteiger partial charge < -0.3 is 4.74 Å². The molecule has 0 atom stereocenters. The van der Waals surface area contributed by atoms with Gasteiger partial charge in [-0.2, -0.15) is 13.2 Å². The zero-order valence-electron chi connectivity index (χ0n) is 9.56. The van der Waals surface area contributed by atoms with Gasteiger partial charge in [-0.05, 0) is 12.1 Å². The highest BCUT2D eigenvalue weighted by atomic mass is 19.4. The van der Waals surface area contributed by atoms with Crippen LogP contribution in [0.5, 0.6) is 5.88 Å². The van der Waals surface area contributed by atoms with Crippen molar-refractivity contribution in [2.24, 2.45) is 0 Å². The highest BCUT2D eigenvalue weighted by molar-refractivity contribution is 5.94. The summed E-state index contributed by atoms with van der Waals surface area (Å²) in [5, 5.41) is 10.8. The molecule has 5 nitrogen and oxygen atoms in total. The number of methoxy groups -OCH3 is 1. The molecule has 0 bridgehead atoms. The van der Waals surface area contributed by atoms with Gasteiger partial charge in [0.15, 0.2) is 0 Å². The number of benzene rings is 1. The number of nitro benzene ring substituents is 1. The quantitative estimate of drug-likeness (QED) is 0.622. The summed E-state index contributed by atoms with van der Waals surface area (Å²) in [5.41, 5.74) is -1.66. The molecule has 0 saturated heterocycles. The van der Waals surface area contributed by atoms with E-state index in [1.165, 1.54) is 12.1 Å². The lowest BCUT2D eigenvalue weighted by molar-refractivity contribution is -0.383. The maximum atomic E-state index is 12.7. The molecule has 0 aliphatic heterocycles. The average molecular weight is 272 g/mol. The monoisotopic (exact) mass is 272 g/mol. The summed E-state index contributed by atoms with van der Waals surface area (Å²) >= 11 is 0. The second-order valence-electron chi connectivity index (χ2n) is 3.64. The smallest absolute Gasteiger partial charge is 0.433 e. The third-order valence-electron chi connectivity index (χ3n) is 2.50. The standard InChI is InChI=1S/C11H7F3N2O3/c1-19-10-6-3-2-4-8(16(17)18)7(6)5-9(15-10)11(12,13)14/h2-5H,1H3. The Labute approximate surface area is 104 Å². The Balaban J connectivity index is 2.86. The van der Waals surface area contributed by atoms with E-state index in [1.807, 2.05) is 0 Å². The van der Waals surface area contributed by atoms with E-state index in [-0.39, 0.29) is 16.7 Å². The lowest BCUT2D eigenvalue weighted by Gasteiger charge is -2.10. The minimum Gasteiger partial charge on any atom is -0.481 e. The molecule has 0 unspecified atom stereocenters. The van der Waals surface area contributed by atoms with Crippen molar-refractivity contribution in [1.29, 1.82) is 0 Å². The lowest BCUT2D eigenvalue weighted by Crippen LogP contribution is -2.09. The van der Waals surface area contributed by atoms with Crippen molar-refractivity contribution in [3.8, 4) is 5.88 Å². The summed E-state index contributed by atoms with van der Waals surface area (Å²) in [7, 11) is 1.15. The number of hydrogen-bond donors (Lipinski definition) is 0.